The van der Waals surface area contributed by atoms with Crippen LogP contribution in [-0.4, -0.2) is 22.0 Å². The molecule has 0 unspecified atom stereocenters. The molecule has 2 N–H and O–H groups in total. The molecule has 0 atom stereocenters. The molecule has 0 aliphatic heterocycles. The van der Waals surface area contributed by atoms with E-state index in [0.29, 0.717) is 22.8 Å². The molecule has 126 valence electrons. The second kappa shape index (κ2) is 7.67. The number of nitrogens with zero attached hydrogens (tertiary/aromatic N) is 2. The topological polar surface area (TPSA) is 84.0 Å². The van der Waals surface area contributed by atoms with Gasteiger partial charge in [-0.25, -0.2) is 0 Å². The van der Waals surface area contributed by atoms with Crippen LogP contribution in [0.15, 0.2) is 54.6 Å². The molecule has 2 amide bonds. The van der Waals surface area contributed by atoms with Gasteiger partial charge in [0.2, 0.25) is 11.0 Å². The van der Waals surface area contributed by atoms with Gasteiger partial charge >= 0.3 is 0 Å². The smallest absolute Gasteiger partial charge is 0.257 e. The summed E-state index contributed by atoms with van der Waals surface area (Å²) in [7, 11) is 0. The van der Waals surface area contributed by atoms with Crippen LogP contribution in [0.25, 0.3) is 10.6 Å². The minimum absolute atomic E-state index is 0.0699. The van der Waals surface area contributed by atoms with Crippen LogP contribution in [-0.2, 0) is 4.79 Å². The summed E-state index contributed by atoms with van der Waals surface area (Å²) in [4.78, 5) is 23.6. The van der Waals surface area contributed by atoms with E-state index in [1.807, 2.05) is 30.3 Å². The first-order valence-electron chi connectivity index (χ1n) is 7.76. The highest BCUT2D eigenvalue weighted by Crippen LogP contribution is 2.26. The quantitative estimate of drug-likeness (QED) is 0.731. The van der Waals surface area contributed by atoms with Crippen LogP contribution in [0.4, 0.5) is 10.8 Å². The molecule has 0 aliphatic carbocycles. The Morgan fingerprint density at radius 1 is 0.960 bits per heavy atom. The van der Waals surface area contributed by atoms with Gasteiger partial charge in [-0.1, -0.05) is 48.6 Å². The van der Waals surface area contributed by atoms with Crippen LogP contribution in [0.5, 0.6) is 0 Å². The lowest BCUT2D eigenvalue weighted by molar-refractivity contribution is -0.115. The minimum atomic E-state index is -0.274. The first kappa shape index (κ1) is 16.8. The molecular formula is C18H16N4O2S. The number of rotatable bonds is 5. The van der Waals surface area contributed by atoms with Crippen molar-refractivity contribution in [3.63, 3.8) is 0 Å². The molecule has 1 heterocycles. The van der Waals surface area contributed by atoms with E-state index in [1.165, 1.54) is 11.3 Å². The van der Waals surface area contributed by atoms with Gasteiger partial charge < -0.3 is 5.32 Å². The van der Waals surface area contributed by atoms with Gasteiger partial charge in [-0.3, -0.25) is 14.9 Å². The maximum atomic E-state index is 12.3. The average molecular weight is 352 g/mol. The predicted molar refractivity (Wildman–Crippen MR) is 98.7 cm³/mol. The summed E-state index contributed by atoms with van der Waals surface area (Å²) in [6, 6.07) is 16.3. The lowest BCUT2D eigenvalue weighted by Crippen LogP contribution is -2.12. The average Bonchev–Trinajstić information content (AvgIpc) is 3.11. The predicted octanol–water partition coefficient (Wildman–Crippen LogP) is 3.81. The molecule has 0 bridgehead atoms. The summed E-state index contributed by atoms with van der Waals surface area (Å²) in [5.74, 6) is -0.344. The molecule has 7 heteroatoms. The monoisotopic (exact) mass is 352 g/mol. The highest BCUT2D eigenvalue weighted by Gasteiger charge is 2.11. The van der Waals surface area contributed by atoms with Gasteiger partial charge in [0, 0.05) is 23.2 Å². The van der Waals surface area contributed by atoms with Gasteiger partial charge in [0.1, 0.15) is 5.01 Å². The van der Waals surface area contributed by atoms with Gasteiger partial charge in [0.05, 0.1) is 0 Å². The molecule has 3 aromatic rings. The van der Waals surface area contributed by atoms with E-state index in [1.54, 1.807) is 31.2 Å². The minimum Gasteiger partial charge on any atom is -0.326 e. The largest absolute Gasteiger partial charge is 0.326 e. The van der Waals surface area contributed by atoms with Gasteiger partial charge in [0.25, 0.3) is 5.91 Å². The Bertz CT molecular complexity index is 876. The molecule has 0 radical (unpaired) electrons. The van der Waals surface area contributed by atoms with Crippen molar-refractivity contribution in [2.45, 2.75) is 13.3 Å². The summed E-state index contributed by atoms with van der Waals surface area (Å²) in [6.45, 7) is 1.78. The Kier molecular flexibility index (Phi) is 5.15. The Labute approximate surface area is 148 Å². The van der Waals surface area contributed by atoms with E-state index in [9.17, 15) is 9.59 Å². The van der Waals surface area contributed by atoms with Gasteiger partial charge in [-0.05, 0) is 24.3 Å². The molecule has 3 rings (SSSR count). The van der Waals surface area contributed by atoms with Crippen molar-refractivity contribution >= 4 is 34.0 Å². The van der Waals surface area contributed by atoms with E-state index in [0.717, 1.165) is 10.6 Å². The second-order valence-electron chi connectivity index (χ2n) is 5.21. The van der Waals surface area contributed by atoms with Crippen molar-refractivity contribution in [1.29, 1.82) is 0 Å². The summed E-state index contributed by atoms with van der Waals surface area (Å²) < 4.78 is 0. The van der Waals surface area contributed by atoms with Crippen molar-refractivity contribution in [3.05, 3.63) is 60.2 Å². The van der Waals surface area contributed by atoms with Crippen LogP contribution in [0.3, 0.4) is 0 Å². The molecule has 2 aromatic carbocycles. The molecule has 0 spiro atoms. The first-order valence-corrected chi connectivity index (χ1v) is 8.57. The summed E-state index contributed by atoms with van der Waals surface area (Å²) in [5.41, 5.74) is 2.09. The zero-order valence-electron chi connectivity index (χ0n) is 13.5. The van der Waals surface area contributed by atoms with Crippen LogP contribution in [0.2, 0.25) is 0 Å². The van der Waals surface area contributed by atoms with Gasteiger partial charge in [-0.2, -0.15) is 0 Å². The van der Waals surface area contributed by atoms with E-state index in [4.69, 9.17) is 0 Å². The summed E-state index contributed by atoms with van der Waals surface area (Å²) in [6.07, 6.45) is 0.406. The first-order chi connectivity index (χ1) is 12.2. The number of anilines is 2. The van der Waals surface area contributed by atoms with Crippen LogP contribution >= 0.6 is 11.3 Å². The fourth-order valence-corrected chi connectivity index (χ4v) is 2.84. The van der Waals surface area contributed by atoms with E-state index in [-0.39, 0.29) is 11.8 Å². The molecule has 1 aromatic heterocycles. The number of benzene rings is 2. The van der Waals surface area contributed by atoms with E-state index in [2.05, 4.69) is 20.8 Å². The SMILES string of the molecule is CCC(=O)Nc1ccc(C(=O)Nc2nnc(-c3ccccc3)s2)cc1. The Balaban J connectivity index is 1.66. The molecule has 6 nitrogen and oxygen atoms in total. The maximum Gasteiger partial charge on any atom is 0.257 e. The van der Waals surface area contributed by atoms with Crippen LogP contribution in [0.1, 0.15) is 23.7 Å². The van der Waals surface area contributed by atoms with Crippen LogP contribution in [0, 0.1) is 0 Å². The van der Waals surface area contributed by atoms with Gasteiger partial charge in [-0.15, -0.1) is 10.2 Å². The maximum absolute atomic E-state index is 12.3. The van der Waals surface area contributed by atoms with Crippen LogP contribution < -0.4 is 10.6 Å². The normalized spacial score (nSPS) is 10.3. The third-order valence-electron chi connectivity index (χ3n) is 3.42. The number of amides is 2. The van der Waals surface area contributed by atoms with Crippen molar-refractivity contribution in [1.82, 2.24) is 10.2 Å². The number of hydrogen-bond acceptors (Lipinski definition) is 5. The number of hydrogen-bond donors (Lipinski definition) is 2. The second-order valence-corrected chi connectivity index (χ2v) is 6.19. The van der Waals surface area contributed by atoms with Crippen molar-refractivity contribution in [2.24, 2.45) is 0 Å². The van der Waals surface area contributed by atoms with Crippen molar-refractivity contribution in [3.8, 4) is 10.6 Å². The van der Waals surface area contributed by atoms with Crippen molar-refractivity contribution < 1.29 is 9.59 Å². The lowest BCUT2D eigenvalue weighted by atomic mass is 10.2. The zero-order chi connectivity index (χ0) is 17.6. The Morgan fingerprint density at radius 2 is 1.68 bits per heavy atom. The molecule has 0 saturated heterocycles. The molecule has 0 saturated carbocycles. The molecular weight excluding hydrogens is 336 g/mol. The zero-order valence-corrected chi connectivity index (χ0v) is 14.3. The summed E-state index contributed by atoms with van der Waals surface area (Å²) in [5, 5.41) is 14.8. The highest BCUT2D eigenvalue weighted by atomic mass is 32.1. The number of carbonyl (C=O) groups excluding carboxylic acids is 2. The Hall–Kier alpha value is -3.06. The molecule has 0 fully saturated rings. The highest BCUT2D eigenvalue weighted by molar-refractivity contribution is 7.18. The summed E-state index contributed by atoms with van der Waals surface area (Å²) >= 11 is 1.31. The number of carbonyl (C=O) groups is 2. The number of nitrogens with one attached hydrogen (secondary N) is 2. The number of aromatic nitrogens is 2. The standard InChI is InChI=1S/C18H16N4O2S/c1-2-15(23)19-14-10-8-12(9-11-14)16(24)20-18-22-21-17(25-18)13-6-4-3-5-7-13/h3-11H,2H2,1H3,(H,19,23)(H,20,22,24). The molecule has 0 aliphatic rings. The van der Waals surface area contributed by atoms with Crippen molar-refractivity contribution in [2.75, 3.05) is 10.6 Å². The third kappa shape index (κ3) is 4.27. The lowest BCUT2D eigenvalue weighted by Gasteiger charge is -2.05. The fraction of sp³-hybridized carbons (Fsp3) is 0.111. The third-order valence-corrected chi connectivity index (χ3v) is 4.31. The Morgan fingerprint density at radius 3 is 2.36 bits per heavy atom. The fourth-order valence-electron chi connectivity index (χ4n) is 2.09. The van der Waals surface area contributed by atoms with E-state index >= 15 is 0 Å². The van der Waals surface area contributed by atoms with E-state index < -0.39 is 0 Å². The molecule has 25 heavy (non-hydrogen) atoms. The van der Waals surface area contributed by atoms with Gasteiger partial charge in [0.15, 0.2) is 0 Å².